The fourth-order valence-electron chi connectivity index (χ4n) is 4.20. The summed E-state index contributed by atoms with van der Waals surface area (Å²) in [5.41, 5.74) is 3.46. The first-order valence-corrected chi connectivity index (χ1v) is 10.7. The minimum Gasteiger partial charge on any atom is -0.477 e. The van der Waals surface area contributed by atoms with Crippen molar-refractivity contribution in [1.82, 2.24) is 4.90 Å². The SMILES string of the molecule is Cc1c2c(cc3c1O/C(=C\c1ccc(Br)cc1)C3=O)CN(CC1CCCO1)CO2. The summed E-state index contributed by atoms with van der Waals surface area (Å²) >= 11 is 3.43. The van der Waals surface area contributed by atoms with Gasteiger partial charge in [0, 0.05) is 35.3 Å². The number of hydrogen-bond acceptors (Lipinski definition) is 5. The Morgan fingerprint density at radius 1 is 1.24 bits per heavy atom. The van der Waals surface area contributed by atoms with E-state index in [2.05, 4.69) is 20.8 Å². The van der Waals surface area contributed by atoms with E-state index in [9.17, 15) is 4.79 Å². The zero-order valence-corrected chi connectivity index (χ0v) is 17.8. The fraction of sp³-hybridized carbons (Fsp3) is 0.348. The maximum atomic E-state index is 13.0. The number of nitrogens with zero attached hydrogens (tertiary/aromatic N) is 1. The molecule has 0 spiro atoms. The van der Waals surface area contributed by atoms with Gasteiger partial charge in [-0.3, -0.25) is 9.69 Å². The average Bonchev–Trinajstić information content (AvgIpc) is 3.33. The first kappa shape index (κ1) is 18.9. The number of Topliss-reactive ketones (excluding diaryl/α,β-unsaturated/α-hetero) is 1. The third kappa shape index (κ3) is 3.61. The molecular weight excluding hydrogens is 434 g/mol. The average molecular weight is 456 g/mol. The molecule has 0 aromatic heterocycles. The van der Waals surface area contributed by atoms with E-state index in [1.807, 2.05) is 37.3 Å². The highest BCUT2D eigenvalue weighted by atomic mass is 79.9. The van der Waals surface area contributed by atoms with Crippen molar-refractivity contribution >= 4 is 27.8 Å². The summed E-state index contributed by atoms with van der Waals surface area (Å²) in [4.78, 5) is 15.2. The highest BCUT2D eigenvalue weighted by Crippen LogP contribution is 2.43. The van der Waals surface area contributed by atoms with Crippen LogP contribution in [0.1, 0.15) is 39.9 Å². The summed E-state index contributed by atoms with van der Waals surface area (Å²) in [7, 11) is 0. The lowest BCUT2D eigenvalue weighted by Crippen LogP contribution is -2.37. The van der Waals surface area contributed by atoms with Crippen LogP contribution >= 0.6 is 15.9 Å². The molecule has 1 unspecified atom stereocenters. The number of halogens is 1. The van der Waals surface area contributed by atoms with Crippen LogP contribution in [-0.4, -0.2) is 36.7 Å². The summed E-state index contributed by atoms with van der Waals surface area (Å²) < 4.78 is 18.8. The maximum Gasteiger partial charge on any atom is 0.231 e. The minimum absolute atomic E-state index is 0.0786. The minimum atomic E-state index is -0.0786. The van der Waals surface area contributed by atoms with Crippen molar-refractivity contribution in [2.45, 2.75) is 32.4 Å². The van der Waals surface area contributed by atoms with Crippen molar-refractivity contribution in [3.05, 3.63) is 62.8 Å². The van der Waals surface area contributed by atoms with Gasteiger partial charge in [0.05, 0.1) is 11.7 Å². The summed E-state index contributed by atoms with van der Waals surface area (Å²) in [6.45, 7) is 4.95. The highest BCUT2D eigenvalue weighted by molar-refractivity contribution is 9.10. The van der Waals surface area contributed by atoms with Crippen molar-refractivity contribution < 1.29 is 19.0 Å². The van der Waals surface area contributed by atoms with E-state index in [1.165, 1.54) is 0 Å². The van der Waals surface area contributed by atoms with Gasteiger partial charge in [0.1, 0.15) is 18.2 Å². The molecule has 0 aliphatic carbocycles. The Labute approximate surface area is 178 Å². The molecule has 6 heteroatoms. The van der Waals surface area contributed by atoms with Crippen LogP contribution < -0.4 is 9.47 Å². The van der Waals surface area contributed by atoms with Crippen molar-refractivity contribution in [2.75, 3.05) is 19.9 Å². The number of rotatable bonds is 3. The van der Waals surface area contributed by atoms with Gasteiger partial charge in [-0.1, -0.05) is 28.1 Å². The number of ketones is 1. The van der Waals surface area contributed by atoms with Gasteiger partial charge in [-0.25, -0.2) is 0 Å². The molecule has 150 valence electrons. The topological polar surface area (TPSA) is 48.0 Å². The molecule has 3 aliphatic rings. The normalized spacial score (nSPS) is 22.3. The van der Waals surface area contributed by atoms with E-state index < -0.39 is 0 Å². The van der Waals surface area contributed by atoms with Crippen molar-refractivity contribution in [3.63, 3.8) is 0 Å². The van der Waals surface area contributed by atoms with Gasteiger partial charge in [0.15, 0.2) is 5.76 Å². The number of allylic oxidation sites excluding steroid dienone is 1. The molecule has 3 heterocycles. The monoisotopic (exact) mass is 455 g/mol. The Morgan fingerprint density at radius 3 is 2.83 bits per heavy atom. The molecule has 1 atom stereocenters. The van der Waals surface area contributed by atoms with E-state index in [0.717, 1.165) is 59.5 Å². The first-order chi connectivity index (χ1) is 14.1. The van der Waals surface area contributed by atoms with E-state index >= 15 is 0 Å². The third-order valence-corrected chi connectivity index (χ3v) is 6.18. The summed E-state index contributed by atoms with van der Waals surface area (Å²) in [5, 5.41) is 0. The van der Waals surface area contributed by atoms with E-state index in [0.29, 0.717) is 23.8 Å². The summed E-state index contributed by atoms with van der Waals surface area (Å²) in [6.07, 6.45) is 4.30. The third-order valence-electron chi connectivity index (χ3n) is 5.66. The van der Waals surface area contributed by atoms with E-state index in [1.54, 1.807) is 6.08 Å². The standard InChI is InChI=1S/C23H22BrNO4/c1-14-22-16(11-25(13-28-22)12-18-3-2-8-27-18)10-19-21(26)20(29-23(14)19)9-15-4-6-17(24)7-5-15/h4-7,9-10,18H,2-3,8,11-13H2,1H3/b20-9-. The second-order valence-corrected chi connectivity index (χ2v) is 8.69. The van der Waals surface area contributed by atoms with Gasteiger partial charge in [-0.2, -0.15) is 0 Å². The van der Waals surface area contributed by atoms with Crippen LogP contribution in [0.5, 0.6) is 11.5 Å². The molecule has 0 N–H and O–H groups in total. The fourth-order valence-corrected chi connectivity index (χ4v) is 4.46. The number of ether oxygens (including phenoxy) is 3. The quantitative estimate of drug-likeness (QED) is 0.627. The number of fused-ring (bicyclic) bond motifs is 2. The molecule has 0 radical (unpaired) electrons. The van der Waals surface area contributed by atoms with Crippen molar-refractivity contribution in [2.24, 2.45) is 0 Å². The second-order valence-electron chi connectivity index (χ2n) is 7.78. The lowest BCUT2D eigenvalue weighted by molar-refractivity contribution is 0.0276. The Balaban J connectivity index is 1.41. The number of hydrogen-bond donors (Lipinski definition) is 0. The first-order valence-electron chi connectivity index (χ1n) is 9.91. The van der Waals surface area contributed by atoms with Crippen molar-refractivity contribution in [3.8, 4) is 11.5 Å². The molecule has 0 bridgehead atoms. The van der Waals surface area contributed by atoms with E-state index in [-0.39, 0.29) is 11.9 Å². The zero-order valence-electron chi connectivity index (χ0n) is 16.2. The molecule has 0 amide bonds. The van der Waals surface area contributed by atoms with Crippen LogP contribution in [0, 0.1) is 6.92 Å². The zero-order chi connectivity index (χ0) is 20.0. The molecule has 1 fully saturated rings. The molecule has 0 saturated carbocycles. The van der Waals surface area contributed by atoms with Crippen LogP contribution in [0.4, 0.5) is 0 Å². The predicted octanol–water partition coefficient (Wildman–Crippen LogP) is 4.70. The van der Waals surface area contributed by atoms with Crippen LogP contribution in [0.25, 0.3) is 6.08 Å². The Morgan fingerprint density at radius 2 is 2.07 bits per heavy atom. The lowest BCUT2D eigenvalue weighted by atomic mass is 10.00. The predicted molar refractivity (Wildman–Crippen MR) is 113 cm³/mol. The van der Waals surface area contributed by atoms with Crippen LogP contribution in [-0.2, 0) is 11.3 Å². The number of carbonyl (C=O) groups is 1. The Bertz CT molecular complexity index is 993. The largest absolute Gasteiger partial charge is 0.477 e. The van der Waals surface area contributed by atoms with Crippen molar-refractivity contribution in [1.29, 1.82) is 0 Å². The van der Waals surface area contributed by atoms with Gasteiger partial charge >= 0.3 is 0 Å². The van der Waals surface area contributed by atoms with Crippen LogP contribution in [0.2, 0.25) is 0 Å². The number of benzene rings is 2. The molecule has 29 heavy (non-hydrogen) atoms. The van der Waals surface area contributed by atoms with Gasteiger partial charge in [0.25, 0.3) is 0 Å². The maximum absolute atomic E-state index is 13.0. The van der Waals surface area contributed by atoms with Crippen LogP contribution in [0.3, 0.4) is 0 Å². The van der Waals surface area contributed by atoms with Crippen LogP contribution in [0.15, 0.2) is 40.6 Å². The molecule has 5 nitrogen and oxygen atoms in total. The van der Waals surface area contributed by atoms with Gasteiger partial charge in [-0.15, -0.1) is 0 Å². The van der Waals surface area contributed by atoms with Gasteiger partial charge in [0.2, 0.25) is 5.78 Å². The summed E-state index contributed by atoms with van der Waals surface area (Å²) in [5.74, 6) is 1.73. The molecule has 2 aromatic rings. The Kier molecular flexibility index (Phi) is 4.94. The number of carbonyl (C=O) groups excluding carboxylic acids is 1. The molecule has 3 aliphatic heterocycles. The lowest BCUT2D eigenvalue weighted by Gasteiger charge is -2.31. The summed E-state index contributed by atoms with van der Waals surface area (Å²) in [6, 6.07) is 9.71. The van der Waals surface area contributed by atoms with Gasteiger partial charge < -0.3 is 14.2 Å². The highest BCUT2D eigenvalue weighted by Gasteiger charge is 2.34. The molecule has 2 aromatic carbocycles. The molecule has 1 saturated heterocycles. The second kappa shape index (κ2) is 7.59. The van der Waals surface area contributed by atoms with Gasteiger partial charge in [-0.05, 0) is 49.6 Å². The molecular formula is C23H22BrNO4. The smallest absolute Gasteiger partial charge is 0.231 e. The molecule has 5 rings (SSSR count). The van der Waals surface area contributed by atoms with E-state index in [4.69, 9.17) is 14.2 Å². The Hall–Kier alpha value is -2.15.